The Morgan fingerprint density at radius 1 is 1.00 bits per heavy atom. The van der Waals surface area contributed by atoms with Gasteiger partial charge in [-0.25, -0.2) is 4.39 Å². The van der Waals surface area contributed by atoms with E-state index >= 15 is 0 Å². The topological polar surface area (TPSA) is 51.2 Å². The molecule has 9 heteroatoms. The highest BCUT2D eigenvalue weighted by atomic mass is 35.5. The third-order valence-electron chi connectivity index (χ3n) is 6.28. The lowest BCUT2D eigenvalue weighted by molar-refractivity contribution is -0.138. The second-order valence-corrected chi connectivity index (χ2v) is 9.46. The molecule has 0 aliphatic carbocycles. The maximum absolute atomic E-state index is 14.9. The Morgan fingerprint density at radius 2 is 1.74 bits per heavy atom. The zero-order valence-electron chi connectivity index (χ0n) is 21.2. The molecule has 0 saturated heterocycles. The van der Waals surface area contributed by atoms with E-state index in [0.29, 0.717) is 16.3 Å². The minimum absolute atomic E-state index is 0.0135. The van der Waals surface area contributed by atoms with Gasteiger partial charge in [0.1, 0.15) is 17.1 Å². The first-order chi connectivity index (χ1) is 18.5. The number of ether oxygens (including phenoxy) is 1. The third kappa shape index (κ3) is 6.40. The van der Waals surface area contributed by atoms with Gasteiger partial charge >= 0.3 is 6.18 Å². The number of aromatic nitrogens is 1. The predicted molar refractivity (Wildman–Crippen MR) is 141 cm³/mol. The van der Waals surface area contributed by atoms with E-state index in [-0.39, 0.29) is 29.9 Å². The van der Waals surface area contributed by atoms with Crippen LogP contribution in [-0.2, 0) is 18.1 Å². The number of aryl methyl sites for hydroxylation is 1. The average Bonchev–Trinajstić information content (AvgIpc) is 2.88. The van der Waals surface area contributed by atoms with Crippen molar-refractivity contribution in [2.24, 2.45) is 0 Å². The number of amides is 1. The highest BCUT2D eigenvalue weighted by Crippen LogP contribution is 2.37. The quantitative estimate of drug-likeness (QED) is 0.228. The highest BCUT2D eigenvalue weighted by Gasteiger charge is 2.40. The number of benzene rings is 3. The van der Waals surface area contributed by atoms with Crippen LogP contribution in [0.2, 0.25) is 5.02 Å². The van der Waals surface area contributed by atoms with Gasteiger partial charge in [-0.1, -0.05) is 48.0 Å². The third-order valence-corrected chi connectivity index (χ3v) is 6.51. The minimum Gasteiger partial charge on any atom is -0.494 e. The molecule has 0 aliphatic heterocycles. The van der Waals surface area contributed by atoms with Crippen LogP contribution in [-0.4, -0.2) is 17.5 Å². The summed E-state index contributed by atoms with van der Waals surface area (Å²) >= 11 is 6.10. The molecular formula is C30H25ClF4N2O2. The van der Waals surface area contributed by atoms with Gasteiger partial charge in [-0.3, -0.25) is 9.78 Å². The fourth-order valence-corrected chi connectivity index (χ4v) is 4.56. The summed E-state index contributed by atoms with van der Waals surface area (Å²) in [5, 5.41) is 3.24. The first-order valence-corrected chi connectivity index (χ1v) is 12.5. The molecule has 39 heavy (non-hydrogen) atoms. The van der Waals surface area contributed by atoms with Gasteiger partial charge in [0.15, 0.2) is 0 Å². The Balaban J connectivity index is 1.94. The Bertz CT molecular complexity index is 1460. The summed E-state index contributed by atoms with van der Waals surface area (Å²) in [6.07, 6.45) is -3.16. The molecule has 0 spiro atoms. The number of pyridine rings is 1. The van der Waals surface area contributed by atoms with E-state index in [0.717, 1.165) is 11.6 Å². The largest absolute Gasteiger partial charge is 0.494 e. The van der Waals surface area contributed by atoms with E-state index in [9.17, 15) is 22.4 Å². The molecule has 0 aliphatic rings. The zero-order valence-corrected chi connectivity index (χ0v) is 21.9. The van der Waals surface area contributed by atoms with Gasteiger partial charge in [-0.2, -0.15) is 13.2 Å². The fraction of sp³-hybridized carbons (Fsp3) is 0.200. The average molecular weight is 557 g/mol. The number of rotatable bonds is 8. The van der Waals surface area contributed by atoms with Gasteiger partial charge in [0.2, 0.25) is 0 Å². The van der Waals surface area contributed by atoms with Crippen molar-refractivity contribution in [1.29, 1.82) is 0 Å². The van der Waals surface area contributed by atoms with E-state index in [1.807, 2.05) is 30.3 Å². The van der Waals surface area contributed by atoms with Crippen LogP contribution in [0.3, 0.4) is 0 Å². The molecule has 4 aromatic rings. The van der Waals surface area contributed by atoms with E-state index < -0.39 is 29.0 Å². The summed E-state index contributed by atoms with van der Waals surface area (Å²) < 4.78 is 61.4. The SMILES string of the molecule is CCOc1cc(F)cc([C@](Cc2ccccc2)(NC(=O)c2ccc(C)c(C(F)(F)F)c2)c2ccc(Cl)cn2)c1. The smallest absolute Gasteiger partial charge is 0.416 e. The molecule has 4 nitrogen and oxygen atoms in total. The molecule has 3 aromatic carbocycles. The van der Waals surface area contributed by atoms with Crippen LogP contribution < -0.4 is 10.1 Å². The second-order valence-electron chi connectivity index (χ2n) is 9.02. The normalized spacial score (nSPS) is 13.0. The lowest BCUT2D eigenvalue weighted by atomic mass is 9.80. The summed E-state index contributed by atoms with van der Waals surface area (Å²) in [6.45, 7) is 3.34. The van der Waals surface area contributed by atoms with Gasteiger partial charge < -0.3 is 10.1 Å². The van der Waals surface area contributed by atoms with Crippen molar-refractivity contribution in [3.8, 4) is 5.75 Å². The molecule has 0 fully saturated rings. The van der Waals surface area contributed by atoms with Crippen LogP contribution in [0.5, 0.6) is 5.75 Å². The Kier molecular flexibility index (Phi) is 8.25. The monoisotopic (exact) mass is 556 g/mol. The number of alkyl halides is 3. The maximum atomic E-state index is 14.9. The van der Waals surface area contributed by atoms with E-state index in [1.165, 1.54) is 37.4 Å². The lowest BCUT2D eigenvalue weighted by Crippen LogP contribution is -2.49. The Morgan fingerprint density at radius 3 is 2.38 bits per heavy atom. The number of carbonyl (C=O) groups is 1. The number of nitrogens with zero attached hydrogens (tertiary/aromatic N) is 1. The molecule has 202 valence electrons. The van der Waals surface area contributed by atoms with Crippen LogP contribution in [0.25, 0.3) is 0 Å². The number of hydrogen-bond acceptors (Lipinski definition) is 3. The second kappa shape index (κ2) is 11.5. The van der Waals surface area contributed by atoms with Crippen LogP contribution in [0.1, 0.15) is 45.2 Å². The van der Waals surface area contributed by atoms with Crippen molar-refractivity contribution in [2.75, 3.05) is 6.61 Å². The van der Waals surface area contributed by atoms with Gasteiger partial charge in [0.05, 0.1) is 22.9 Å². The van der Waals surface area contributed by atoms with E-state index in [4.69, 9.17) is 16.3 Å². The molecule has 0 unspecified atom stereocenters. The van der Waals surface area contributed by atoms with Crippen molar-refractivity contribution in [1.82, 2.24) is 10.3 Å². The van der Waals surface area contributed by atoms with Crippen LogP contribution in [0, 0.1) is 12.7 Å². The molecule has 1 heterocycles. The Hall–Kier alpha value is -3.91. The van der Waals surface area contributed by atoms with Crippen LogP contribution in [0.4, 0.5) is 17.6 Å². The fourth-order valence-electron chi connectivity index (χ4n) is 4.44. The molecule has 4 rings (SSSR count). The zero-order chi connectivity index (χ0) is 28.2. The van der Waals surface area contributed by atoms with E-state index in [1.54, 1.807) is 25.1 Å². The molecule has 1 amide bonds. The van der Waals surface area contributed by atoms with Crippen LogP contribution in [0.15, 0.2) is 85.1 Å². The van der Waals surface area contributed by atoms with Gasteiger partial charge in [-0.05, 0) is 66.9 Å². The Labute approximate surface area is 228 Å². The van der Waals surface area contributed by atoms with E-state index in [2.05, 4.69) is 10.3 Å². The van der Waals surface area contributed by atoms with Crippen molar-refractivity contribution in [3.63, 3.8) is 0 Å². The highest BCUT2D eigenvalue weighted by molar-refractivity contribution is 6.30. The summed E-state index contributed by atoms with van der Waals surface area (Å²) in [5.41, 5.74) is -1.29. The van der Waals surface area contributed by atoms with Crippen LogP contribution >= 0.6 is 11.6 Å². The molecule has 0 bridgehead atoms. The minimum atomic E-state index is -4.64. The summed E-state index contributed by atoms with van der Waals surface area (Å²) in [5.74, 6) is -1.19. The molecule has 0 radical (unpaired) electrons. The van der Waals surface area contributed by atoms with Gasteiger partial charge in [0.25, 0.3) is 5.91 Å². The molecule has 0 saturated carbocycles. The van der Waals surface area contributed by atoms with Crippen molar-refractivity contribution in [3.05, 3.63) is 129 Å². The molecule has 1 aromatic heterocycles. The lowest BCUT2D eigenvalue weighted by Gasteiger charge is -2.36. The summed E-state index contributed by atoms with van der Waals surface area (Å²) in [6, 6.07) is 19.7. The number of hydrogen-bond donors (Lipinski definition) is 1. The van der Waals surface area contributed by atoms with Crippen molar-refractivity contribution < 1.29 is 27.1 Å². The van der Waals surface area contributed by atoms with Crippen molar-refractivity contribution >= 4 is 17.5 Å². The van der Waals surface area contributed by atoms with Gasteiger partial charge in [-0.15, -0.1) is 0 Å². The number of nitrogens with one attached hydrogen (secondary N) is 1. The number of halogens is 5. The molecular weight excluding hydrogens is 532 g/mol. The molecule has 1 N–H and O–H groups in total. The predicted octanol–water partition coefficient (Wildman–Crippen LogP) is 7.52. The molecule has 1 atom stereocenters. The number of carbonyl (C=O) groups excluding carboxylic acids is 1. The first kappa shape index (κ1) is 28.1. The van der Waals surface area contributed by atoms with Gasteiger partial charge in [0, 0.05) is 24.2 Å². The standard InChI is InChI=1S/C30H25ClF4N2O2/c1-3-39-25-15-22(14-24(32)16-25)29(17-20-7-5-4-6-8-20,27-12-11-23(31)18-36-27)37-28(38)21-10-9-19(2)26(13-21)30(33,34)35/h4-16,18H,3,17H2,1-2H3,(H,37,38)/t29-/m0/s1. The summed E-state index contributed by atoms with van der Waals surface area (Å²) in [4.78, 5) is 18.1. The summed E-state index contributed by atoms with van der Waals surface area (Å²) in [7, 11) is 0. The maximum Gasteiger partial charge on any atom is 0.416 e. The first-order valence-electron chi connectivity index (χ1n) is 12.1. The van der Waals surface area contributed by atoms with Crippen molar-refractivity contribution in [2.45, 2.75) is 32.0 Å².